The second-order valence-electron chi connectivity index (χ2n) is 6.63. The molecule has 26 heavy (non-hydrogen) atoms. The van der Waals surface area contributed by atoms with Crippen LogP contribution in [0.1, 0.15) is 20.3 Å². The van der Waals surface area contributed by atoms with E-state index in [1.165, 1.54) is 36.3 Å². The van der Waals surface area contributed by atoms with Crippen LogP contribution in [0.2, 0.25) is 0 Å². The molecule has 0 bridgehead atoms. The van der Waals surface area contributed by atoms with E-state index in [4.69, 9.17) is 9.84 Å². The van der Waals surface area contributed by atoms with Crippen molar-refractivity contribution in [3.63, 3.8) is 0 Å². The molecule has 0 aromatic heterocycles. The van der Waals surface area contributed by atoms with E-state index in [9.17, 15) is 18.0 Å². The number of carboxylic acids is 1. The lowest BCUT2D eigenvalue weighted by molar-refractivity contribution is -0.141. The van der Waals surface area contributed by atoms with Gasteiger partial charge in [0.05, 0.1) is 17.9 Å². The van der Waals surface area contributed by atoms with Crippen LogP contribution >= 0.6 is 0 Å². The molecule has 1 aliphatic heterocycles. The summed E-state index contributed by atoms with van der Waals surface area (Å²) in [6, 6.07) is 4.89. The Bertz CT molecular complexity index is 760. The fourth-order valence-electron chi connectivity index (χ4n) is 2.82. The number of sulfonamides is 1. The summed E-state index contributed by atoms with van der Waals surface area (Å²) in [6.07, 6.45) is 0.372. The third-order valence-electron chi connectivity index (χ3n) is 4.43. The van der Waals surface area contributed by atoms with Gasteiger partial charge in [0.1, 0.15) is 11.8 Å². The highest BCUT2D eigenvalue weighted by Crippen LogP contribution is 2.21. The average molecular weight is 384 g/mol. The van der Waals surface area contributed by atoms with E-state index in [-0.39, 0.29) is 17.4 Å². The van der Waals surface area contributed by atoms with Crippen LogP contribution in [-0.4, -0.2) is 56.5 Å². The lowest BCUT2D eigenvalue weighted by Crippen LogP contribution is -2.50. The molecule has 1 saturated heterocycles. The minimum atomic E-state index is -3.90. The van der Waals surface area contributed by atoms with Crippen LogP contribution in [0, 0.1) is 11.8 Å². The fraction of sp³-hybridized carbons (Fsp3) is 0.529. The van der Waals surface area contributed by atoms with Crippen LogP contribution in [0.4, 0.5) is 0 Å². The molecule has 1 aromatic carbocycles. The highest BCUT2D eigenvalue weighted by Gasteiger charge is 2.37. The summed E-state index contributed by atoms with van der Waals surface area (Å²) in [5.41, 5.74) is 0. The van der Waals surface area contributed by atoms with Crippen molar-refractivity contribution in [3.8, 4) is 5.75 Å². The molecule has 2 N–H and O–H groups in total. The minimum Gasteiger partial charge on any atom is -0.497 e. The summed E-state index contributed by atoms with van der Waals surface area (Å²) in [5, 5.41) is 9.08. The number of nitrogens with zero attached hydrogens (tertiary/aromatic N) is 1. The summed E-state index contributed by atoms with van der Waals surface area (Å²) < 4.78 is 32.7. The smallest absolute Gasteiger partial charge is 0.308 e. The second-order valence-corrected chi connectivity index (χ2v) is 8.34. The first kappa shape index (κ1) is 20.2. The normalized spacial score (nSPS) is 18.8. The van der Waals surface area contributed by atoms with Crippen LogP contribution < -0.4 is 9.46 Å². The molecule has 2 rings (SSSR count). The molecule has 1 fully saturated rings. The van der Waals surface area contributed by atoms with Crippen LogP contribution in [0.15, 0.2) is 29.2 Å². The maximum atomic E-state index is 12.8. The molecule has 1 aliphatic rings. The van der Waals surface area contributed by atoms with Gasteiger partial charge in [-0.15, -0.1) is 0 Å². The zero-order valence-electron chi connectivity index (χ0n) is 15.0. The van der Waals surface area contributed by atoms with Gasteiger partial charge in [0.2, 0.25) is 15.9 Å². The van der Waals surface area contributed by atoms with E-state index in [2.05, 4.69) is 4.72 Å². The van der Waals surface area contributed by atoms with E-state index in [1.807, 2.05) is 0 Å². The van der Waals surface area contributed by atoms with E-state index in [0.29, 0.717) is 18.7 Å². The number of rotatable bonds is 7. The Morgan fingerprint density at radius 2 is 1.88 bits per heavy atom. The predicted octanol–water partition coefficient (Wildman–Crippen LogP) is 0.931. The molecule has 1 amide bonds. The number of carboxylic acid groups (broad SMARTS) is 1. The molecule has 9 heteroatoms. The Morgan fingerprint density at radius 3 is 2.35 bits per heavy atom. The summed E-state index contributed by atoms with van der Waals surface area (Å²) in [5.74, 6) is -1.72. The Morgan fingerprint density at radius 1 is 1.27 bits per heavy atom. The van der Waals surface area contributed by atoms with Crippen molar-refractivity contribution in [2.24, 2.45) is 11.8 Å². The van der Waals surface area contributed by atoms with E-state index < -0.39 is 33.9 Å². The van der Waals surface area contributed by atoms with E-state index >= 15 is 0 Å². The number of hydrogen-bond donors (Lipinski definition) is 2. The largest absolute Gasteiger partial charge is 0.497 e. The standard InChI is InChI=1S/C17H24N2O6S/c1-11(2)15(16(20)19-9-8-12(10-19)17(21)22)18-26(23,24)14-6-4-13(25-3)5-7-14/h4-7,11-12,15,18H,8-10H2,1-3H3,(H,21,22). The molecular formula is C17H24N2O6S. The zero-order chi connectivity index (χ0) is 19.5. The molecule has 0 saturated carbocycles. The van der Waals surface area contributed by atoms with E-state index in [1.54, 1.807) is 13.8 Å². The Labute approximate surface area is 153 Å². The zero-order valence-corrected chi connectivity index (χ0v) is 15.8. The van der Waals surface area contributed by atoms with Gasteiger partial charge >= 0.3 is 5.97 Å². The number of carbonyl (C=O) groups excluding carboxylic acids is 1. The van der Waals surface area contributed by atoms with Gasteiger partial charge in [-0.3, -0.25) is 9.59 Å². The molecule has 2 unspecified atom stereocenters. The van der Waals surface area contributed by atoms with Gasteiger partial charge in [-0.05, 0) is 36.6 Å². The number of nitrogens with one attached hydrogen (secondary N) is 1. The van der Waals surface area contributed by atoms with Gasteiger partial charge in [0.25, 0.3) is 0 Å². The lowest BCUT2D eigenvalue weighted by atomic mass is 10.0. The Kier molecular flexibility index (Phi) is 6.25. The predicted molar refractivity (Wildman–Crippen MR) is 94.3 cm³/mol. The van der Waals surface area contributed by atoms with Gasteiger partial charge < -0.3 is 14.7 Å². The monoisotopic (exact) mass is 384 g/mol. The molecule has 1 heterocycles. The number of hydrogen-bond acceptors (Lipinski definition) is 5. The first-order valence-corrected chi connectivity index (χ1v) is 9.82. The van der Waals surface area contributed by atoms with Crippen LogP contribution in [0.5, 0.6) is 5.75 Å². The third kappa shape index (κ3) is 4.53. The highest BCUT2D eigenvalue weighted by molar-refractivity contribution is 7.89. The molecule has 144 valence electrons. The van der Waals surface area contributed by atoms with Crippen LogP contribution in [-0.2, 0) is 19.6 Å². The fourth-order valence-corrected chi connectivity index (χ4v) is 4.16. The maximum Gasteiger partial charge on any atom is 0.308 e. The SMILES string of the molecule is COc1ccc(S(=O)(=O)NC(C(=O)N2CCC(C(=O)O)C2)C(C)C)cc1. The topological polar surface area (TPSA) is 113 Å². The van der Waals surface area contributed by atoms with Gasteiger partial charge in [0.15, 0.2) is 0 Å². The summed E-state index contributed by atoms with van der Waals surface area (Å²) in [4.78, 5) is 25.3. The van der Waals surface area contributed by atoms with Crippen molar-refractivity contribution < 1.29 is 27.9 Å². The number of aliphatic carboxylic acids is 1. The number of benzene rings is 1. The molecule has 0 radical (unpaired) electrons. The van der Waals surface area contributed by atoms with Gasteiger partial charge in [-0.1, -0.05) is 13.8 Å². The Balaban J connectivity index is 2.16. The van der Waals surface area contributed by atoms with Gasteiger partial charge in [0, 0.05) is 13.1 Å². The minimum absolute atomic E-state index is 0.0292. The Hall–Kier alpha value is -2.13. The second kappa shape index (κ2) is 8.05. The van der Waals surface area contributed by atoms with E-state index in [0.717, 1.165) is 0 Å². The van der Waals surface area contributed by atoms with Crippen molar-refractivity contribution >= 4 is 21.9 Å². The van der Waals surface area contributed by atoms with Gasteiger partial charge in [-0.25, -0.2) is 8.42 Å². The summed E-state index contributed by atoms with van der Waals surface area (Å²) >= 11 is 0. The quantitative estimate of drug-likeness (QED) is 0.723. The number of likely N-dealkylation sites (tertiary alicyclic amines) is 1. The number of ether oxygens (including phenoxy) is 1. The molecule has 0 spiro atoms. The van der Waals surface area contributed by atoms with Crippen molar-refractivity contribution in [2.45, 2.75) is 31.2 Å². The van der Waals surface area contributed by atoms with Crippen LogP contribution in [0.3, 0.4) is 0 Å². The van der Waals surface area contributed by atoms with Gasteiger partial charge in [-0.2, -0.15) is 4.72 Å². The summed E-state index contributed by atoms with van der Waals surface area (Å²) in [6.45, 7) is 3.89. The van der Waals surface area contributed by atoms with Crippen molar-refractivity contribution in [3.05, 3.63) is 24.3 Å². The maximum absolute atomic E-state index is 12.8. The van der Waals surface area contributed by atoms with Crippen molar-refractivity contribution in [2.75, 3.05) is 20.2 Å². The first-order valence-electron chi connectivity index (χ1n) is 8.33. The molecule has 1 aromatic rings. The van der Waals surface area contributed by atoms with Crippen molar-refractivity contribution in [1.82, 2.24) is 9.62 Å². The highest BCUT2D eigenvalue weighted by atomic mass is 32.2. The molecule has 8 nitrogen and oxygen atoms in total. The van der Waals surface area contributed by atoms with Crippen molar-refractivity contribution in [1.29, 1.82) is 0 Å². The van der Waals surface area contributed by atoms with Crippen LogP contribution in [0.25, 0.3) is 0 Å². The first-order chi connectivity index (χ1) is 12.2. The number of carbonyl (C=O) groups is 2. The molecule has 2 atom stereocenters. The number of amides is 1. The lowest BCUT2D eigenvalue weighted by Gasteiger charge is -2.26. The summed E-state index contributed by atoms with van der Waals surface area (Å²) in [7, 11) is -2.42. The number of methoxy groups -OCH3 is 1. The molecular weight excluding hydrogens is 360 g/mol. The molecule has 0 aliphatic carbocycles. The third-order valence-corrected chi connectivity index (χ3v) is 5.89. The average Bonchev–Trinajstić information content (AvgIpc) is 3.09.